The van der Waals surface area contributed by atoms with Crippen molar-refractivity contribution < 1.29 is 4.79 Å². The molecule has 0 spiro atoms. The van der Waals surface area contributed by atoms with Gasteiger partial charge in [-0.25, -0.2) is 0 Å². The van der Waals surface area contributed by atoms with Crippen molar-refractivity contribution in [3.05, 3.63) is 29.8 Å². The summed E-state index contributed by atoms with van der Waals surface area (Å²) in [6, 6.07) is 9.53. The van der Waals surface area contributed by atoms with E-state index in [0.29, 0.717) is 18.5 Å². The molecular formula is C12H14N2O. The lowest BCUT2D eigenvalue weighted by Crippen LogP contribution is -2.18. The first-order valence-corrected chi connectivity index (χ1v) is 4.84. The SMILES string of the molecule is CC(=O)c1cccc(N(C)CCC#N)c1. The van der Waals surface area contributed by atoms with Crippen LogP contribution in [0.1, 0.15) is 23.7 Å². The van der Waals surface area contributed by atoms with Crippen molar-refractivity contribution in [1.82, 2.24) is 0 Å². The van der Waals surface area contributed by atoms with Crippen LogP contribution in [0.25, 0.3) is 0 Å². The van der Waals surface area contributed by atoms with E-state index in [1.54, 1.807) is 13.0 Å². The van der Waals surface area contributed by atoms with Crippen molar-refractivity contribution in [2.45, 2.75) is 13.3 Å². The van der Waals surface area contributed by atoms with Crippen LogP contribution in [0.3, 0.4) is 0 Å². The van der Waals surface area contributed by atoms with Gasteiger partial charge < -0.3 is 4.90 Å². The minimum Gasteiger partial charge on any atom is -0.374 e. The van der Waals surface area contributed by atoms with Gasteiger partial charge in [-0.15, -0.1) is 0 Å². The predicted molar refractivity (Wildman–Crippen MR) is 59.9 cm³/mol. The van der Waals surface area contributed by atoms with E-state index in [1.165, 1.54) is 0 Å². The maximum Gasteiger partial charge on any atom is 0.159 e. The molecule has 0 unspecified atom stereocenters. The Hall–Kier alpha value is -1.82. The van der Waals surface area contributed by atoms with Crippen LogP contribution in [0.2, 0.25) is 0 Å². The third-order valence-electron chi connectivity index (χ3n) is 2.25. The van der Waals surface area contributed by atoms with Crippen LogP contribution in [0.4, 0.5) is 5.69 Å². The summed E-state index contributed by atoms with van der Waals surface area (Å²) in [5.41, 5.74) is 1.68. The van der Waals surface area contributed by atoms with Crippen LogP contribution >= 0.6 is 0 Å². The molecule has 0 saturated carbocycles. The van der Waals surface area contributed by atoms with E-state index >= 15 is 0 Å². The predicted octanol–water partition coefficient (Wildman–Crippen LogP) is 2.24. The maximum absolute atomic E-state index is 11.2. The van der Waals surface area contributed by atoms with Crippen molar-refractivity contribution in [2.75, 3.05) is 18.5 Å². The fourth-order valence-electron chi connectivity index (χ4n) is 1.31. The number of hydrogen-bond acceptors (Lipinski definition) is 3. The first kappa shape index (κ1) is 11.3. The maximum atomic E-state index is 11.2. The molecule has 1 rings (SSSR count). The first-order chi connectivity index (χ1) is 7.15. The highest BCUT2D eigenvalue weighted by Gasteiger charge is 2.03. The Morgan fingerprint density at radius 1 is 1.53 bits per heavy atom. The Bertz CT molecular complexity index is 393. The Kier molecular flexibility index (Phi) is 3.87. The van der Waals surface area contributed by atoms with E-state index in [1.807, 2.05) is 30.1 Å². The minimum atomic E-state index is 0.0607. The second-order valence-electron chi connectivity index (χ2n) is 3.44. The molecule has 78 valence electrons. The van der Waals surface area contributed by atoms with E-state index in [0.717, 1.165) is 5.69 Å². The third kappa shape index (κ3) is 3.10. The van der Waals surface area contributed by atoms with Gasteiger partial charge in [0.1, 0.15) is 0 Å². The van der Waals surface area contributed by atoms with Crippen LogP contribution < -0.4 is 4.90 Å². The van der Waals surface area contributed by atoms with E-state index in [2.05, 4.69) is 6.07 Å². The van der Waals surface area contributed by atoms with Gasteiger partial charge in [0.15, 0.2) is 5.78 Å². The fraction of sp³-hybridized carbons (Fsp3) is 0.333. The normalized spacial score (nSPS) is 9.40. The molecule has 3 nitrogen and oxygen atoms in total. The van der Waals surface area contributed by atoms with E-state index in [4.69, 9.17) is 5.26 Å². The van der Waals surface area contributed by atoms with Gasteiger partial charge in [0, 0.05) is 24.8 Å². The molecule has 0 bridgehead atoms. The molecule has 0 amide bonds. The minimum absolute atomic E-state index is 0.0607. The van der Waals surface area contributed by atoms with Gasteiger partial charge in [0.05, 0.1) is 12.5 Å². The Morgan fingerprint density at radius 2 is 2.27 bits per heavy atom. The zero-order chi connectivity index (χ0) is 11.3. The fourth-order valence-corrected chi connectivity index (χ4v) is 1.31. The number of Topliss-reactive ketones (excluding diaryl/α,β-unsaturated/α-hetero) is 1. The molecule has 0 fully saturated rings. The lowest BCUT2D eigenvalue weighted by Gasteiger charge is -2.17. The molecule has 0 aliphatic rings. The molecule has 0 aliphatic carbocycles. The van der Waals surface area contributed by atoms with Crippen LogP contribution in [-0.4, -0.2) is 19.4 Å². The topological polar surface area (TPSA) is 44.1 Å². The number of nitriles is 1. The number of carbonyl (C=O) groups excluding carboxylic acids is 1. The molecule has 3 heteroatoms. The number of anilines is 1. The number of carbonyl (C=O) groups is 1. The number of hydrogen-bond donors (Lipinski definition) is 0. The highest BCUT2D eigenvalue weighted by molar-refractivity contribution is 5.94. The molecule has 0 aromatic heterocycles. The Balaban J connectivity index is 2.81. The molecule has 0 radical (unpaired) electrons. The monoisotopic (exact) mass is 202 g/mol. The summed E-state index contributed by atoms with van der Waals surface area (Å²) in [5.74, 6) is 0.0607. The molecule has 0 heterocycles. The number of benzene rings is 1. The van der Waals surface area contributed by atoms with Gasteiger partial charge in [-0.1, -0.05) is 12.1 Å². The molecule has 15 heavy (non-hydrogen) atoms. The van der Waals surface area contributed by atoms with Gasteiger partial charge in [0.2, 0.25) is 0 Å². The standard InChI is InChI=1S/C12H14N2O/c1-10(15)11-5-3-6-12(9-11)14(2)8-4-7-13/h3,5-6,9H,4,8H2,1-2H3. The molecule has 0 saturated heterocycles. The summed E-state index contributed by atoms with van der Waals surface area (Å²) >= 11 is 0. The van der Waals surface area contributed by atoms with E-state index < -0.39 is 0 Å². The molecule has 1 aromatic carbocycles. The van der Waals surface area contributed by atoms with Crippen molar-refractivity contribution in [2.24, 2.45) is 0 Å². The highest BCUT2D eigenvalue weighted by Crippen LogP contribution is 2.15. The third-order valence-corrected chi connectivity index (χ3v) is 2.25. The largest absolute Gasteiger partial charge is 0.374 e. The number of nitrogens with zero attached hydrogens (tertiary/aromatic N) is 2. The van der Waals surface area contributed by atoms with Gasteiger partial charge >= 0.3 is 0 Å². The summed E-state index contributed by atoms with van der Waals surface area (Å²) in [6.07, 6.45) is 0.487. The second kappa shape index (κ2) is 5.16. The van der Waals surface area contributed by atoms with Crippen molar-refractivity contribution in [3.63, 3.8) is 0 Å². The van der Waals surface area contributed by atoms with Gasteiger partial charge in [-0.3, -0.25) is 4.79 Å². The summed E-state index contributed by atoms with van der Waals surface area (Å²) < 4.78 is 0. The van der Waals surface area contributed by atoms with Gasteiger partial charge in [-0.05, 0) is 19.1 Å². The summed E-state index contributed by atoms with van der Waals surface area (Å²) in [6.45, 7) is 2.23. The van der Waals surface area contributed by atoms with Crippen LogP contribution in [0, 0.1) is 11.3 Å². The van der Waals surface area contributed by atoms with Crippen molar-refractivity contribution in [3.8, 4) is 6.07 Å². The Morgan fingerprint density at radius 3 is 2.87 bits per heavy atom. The van der Waals surface area contributed by atoms with E-state index in [9.17, 15) is 4.79 Å². The van der Waals surface area contributed by atoms with Crippen LogP contribution in [-0.2, 0) is 0 Å². The zero-order valence-electron chi connectivity index (χ0n) is 9.03. The van der Waals surface area contributed by atoms with Crippen LogP contribution in [0.5, 0.6) is 0 Å². The Labute approximate surface area is 89.9 Å². The second-order valence-corrected chi connectivity index (χ2v) is 3.44. The van der Waals surface area contributed by atoms with Gasteiger partial charge in [-0.2, -0.15) is 5.26 Å². The molecule has 0 N–H and O–H groups in total. The average Bonchev–Trinajstić information content (AvgIpc) is 2.26. The smallest absolute Gasteiger partial charge is 0.159 e. The first-order valence-electron chi connectivity index (χ1n) is 4.84. The average molecular weight is 202 g/mol. The van der Waals surface area contributed by atoms with E-state index in [-0.39, 0.29) is 5.78 Å². The molecule has 0 aliphatic heterocycles. The molecular weight excluding hydrogens is 188 g/mol. The van der Waals surface area contributed by atoms with Crippen molar-refractivity contribution in [1.29, 1.82) is 5.26 Å². The molecule has 1 aromatic rings. The van der Waals surface area contributed by atoms with Crippen LogP contribution in [0.15, 0.2) is 24.3 Å². The summed E-state index contributed by atoms with van der Waals surface area (Å²) in [4.78, 5) is 13.1. The summed E-state index contributed by atoms with van der Waals surface area (Å²) in [7, 11) is 1.91. The lowest BCUT2D eigenvalue weighted by molar-refractivity contribution is 0.101. The van der Waals surface area contributed by atoms with Crippen molar-refractivity contribution >= 4 is 11.5 Å². The highest BCUT2D eigenvalue weighted by atomic mass is 16.1. The summed E-state index contributed by atoms with van der Waals surface area (Å²) in [5, 5.41) is 8.47. The lowest BCUT2D eigenvalue weighted by atomic mass is 10.1. The number of rotatable bonds is 4. The quantitative estimate of drug-likeness (QED) is 0.703. The number of ketones is 1. The van der Waals surface area contributed by atoms with Gasteiger partial charge in [0.25, 0.3) is 0 Å². The molecule has 0 atom stereocenters. The zero-order valence-corrected chi connectivity index (χ0v) is 9.03.